The molecular weight excluding hydrogens is 247 g/mol. The first-order valence-corrected chi connectivity index (χ1v) is 6.43. The average molecular weight is 266 g/mol. The third-order valence-electron chi connectivity index (χ3n) is 3.84. The predicted molar refractivity (Wildman–Crippen MR) is 71.2 cm³/mol. The SMILES string of the molecule is COC1CCC(Nc2ccccc2F)(C(N)=O)CC1. The molecule has 104 valence electrons. The second-order valence-electron chi connectivity index (χ2n) is 4.99. The number of hydrogen-bond acceptors (Lipinski definition) is 3. The fourth-order valence-corrected chi connectivity index (χ4v) is 2.57. The Morgan fingerprint density at radius 2 is 2.05 bits per heavy atom. The largest absolute Gasteiger partial charge is 0.381 e. The number of methoxy groups -OCH3 is 1. The minimum Gasteiger partial charge on any atom is -0.381 e. The monoisotopic (exact) mass is 266 g/mol. The summed E-state index contributed by atoms with van der Waals surface area (Å²) in [5.74, 6) is -0.817. The summed E-state index contributed by atoms with van der Waals surface area (Å²) >= 11 is 0. The van der Waals surface area contributed by atoms with Gasteiger partial charge in [-0.2, -0.15) is 0 Å². The molecular formula is C14H19FN2O2. The second-order valence-corrected chi connectivity index (χ2v) is 4.99. The van der Waals surface area contributed by atoms with Gasteiger partial charge in [-0.15, -0.1) is 0 Å². The van der Waals surface area contributed by atoms with Gasteiger partial charge in [0.1, 0.15) is 11.4 Å². The van der Waals surface area contributed by atoms with Crippen LogP contribution >= 0.6 is 0 Å². The van der Waals surface area contributed by atoms with Gasteiger partial charge < -0.3 is 15.8 Å². The van der Waals surface area contributed by atoms with Gasteiger partial charge in [0.05, 0.1) is 11.8 Å². The third kappa shape index (κ3) is 2.87. The molecule has 1 aliphatic rings. The molecule has 0 spiro atoms. The highest BCUT2D eigenvalue weighted by atomic mass is 19.1. The summed E-state index contributed by atoms with van der Waals surface area (Å²) in [6, 6.07) is 6.31. The molecule has 0 radical (unpaired) electrons. The normalized spacial score (nSPS) is 26.9. The number of hydrogen-bond donors (Lipinski definition) is 2. The highest BCUT2D eigenvalue weighted by Crippen LogP contribution is 2.33. The van der Waals surface area contributed by atoms with E-state index in [0.29, 0.717) is 18.5 Å². The van der Waals surface area contributed by atoms with Crippen LogP contribution in [0.15, 0.2) is 24.3 Å². The summed E-state index contributed by atoms with van der Waals surface area (Å²) in [5.41, 5.74) is 4.96. The highest BCUT2D eigenvalue weighted by Gasteiger charge is 2.40. The van der Waals surface area contributed by atoms with Gasteiger partial charge in [0.15, 0.2) is 0 Å². The molecule has 1 saturated carbocycles. The van der Waals surface area contributed by atoms with E-state index < -0.39 is 11.4 Å². The molecule has 5 heteroatoms. The average Bonchev–Trinajstić information content (AvgIpc) is 2.42. The molecule has 2 rings (SSSR count). The fraction of sp³-hybridized carbons (Fsp3) is 0.500. The van der Waals surface area contributed by atoms with Crippen molar-refractivity contribution in [2.24, 2.45) is 5.73 Å². The summed E-state index contributed by atoms with van der Waals surface area (Å²) in [5, 5.41) is 3.00. The summed E-state index contributed by atoms with van der Waals surface area (Å²) < 4.78 is 19.0. The van der Waals surface area contributed by atoms with Crippen LogP contribution in [-0.2, 0) is 9.53 Å². The van der Waals surface area contributed by atoms with E-state index in [9.17, 15) is 9.18 Å². The topological polar surface area (TPSA) is 64.3 Å². The van der Waals surface area contributed by atoms with E-state index in [0.717, 1.165) is 12.8 Å². The zero-order valence-corrected chi connectivity index (χ0v) is 11.0. The van der Waals surface area contributed by atoms with Gasteiger partial charge in [-0.3, -0.25) is 4.79 Å². The van der Waals surface area contributed by atoms with E-state index in [1.54, 1.807) is 25.3 Å². The van der Waals surface area contributed by atoms with Gasteiger partial charge in [0, 0.05) is 7.11 Å². The van der Waals surface area contributed by atoms with Crippen molar-refractivity contribution in [3.05, 3.63) is 30.1 Å². The van der Waals surface area contributed by atoms with E-state index in [-0.39, 0.29) is 11.9 Å². The van der Waals surface area contributed by atoms with Crippen molar-refractivity contribution in [2.75, 3.05) is 12.4 Å². The molecule has 1 amide bonds. The molecule has 0 unspecified atom stereocenters. The van der Waals surface area contributed by atoms with Crippen molar-refractivity contribution >= 4 is 11.6 Å². The summed E-state index contributed by atoms with van der Waals surface area (Å²) in [6.07, 6.45) is 2.72. The van der Waals surface area contributed by atoms with Crippen LogP contribution in [0.25, 0.3) is 0 Å². The van der Waals surface area contributed by atoms with E-state index in [4.69, 9.17) is 10.5 Å². The quantitative estimate of drug-likeness (QED) is 0.876. The molecule has 1 aliphatic carbocycles. The number of para-hydroxylation sites is 1. The van der Waals surface area contributed by atoms with Crippen LogP contribution in [0, 0.1) is 5.82 Å². The van der Waals surface area contributed by atoms with Crippen molar-refractivity contribution in [1.82, 2.24) is 0 Å². The Morgan fingerprint density at radius 1 is 1.42 bits per heavy atom. The van der Waals surface area contributed by atoms with E-state index >= 15 is 0 Å². The molecule has 19 heavy (non-hydrogen) atoms. The lowest BCUT2D eigenvalue weighted by molar-refractivity contribution is -0.124. The van der Waals surface area contributed by atoms with Crippen LogP contribution in [0.2, 0.25) is 0 Å². The molecule has 0 bridgehead atoms. The minimum atomic E-state index is -0.878. The molecule has 1 fully saturated rings. The van der Waals surface area contributed by atoms with E-state index in [1.165, 1.54) is 6.07 Å². The molecule has 3 N–H and O–H groups in total. The lowest BCUT2D eigenvalue weighted by atomic mass is 9.79. The van der Waals surface area contributed by atoms with Crippen molar-refractivity contribution in [1.29, 1.82) is 0 Å². The predicted octanol–water partition coefficient (Wildman–Crippen LogP) is 2.05. The Morgan fingerprint density at radius 3 is 2.58 bits per heavy atom. The maximum Gasteiger partial charge on any atom is 0.243 e. The maximum atomic E-state index is 13.7. The number of nitrogens with two attached hydrogens (primary N) is 1. The van der Waals surface area contributed by atoms with Crippen LogP contribution in [0.1, 0.15) is 25.7 Å². The standard InChI is InChI=1S/C14H19FN2O2/c1-19-10-6-8-14(9-7-10,13(16)18)17-12-5-3-2-4-11(12)15/h2-5,10,17H,6-9H2,1H3,(H2,16,18). The number of rotatable bonds is 4. The van der Waals surface area contributed by atoms with E-state index in [2.05, 4.69) is 5.32 Å². The molecule has 1 aromatic rings. The highest BCUT2D eigenvalue weighted by molar-refractivity contribution is 5.88. The first-order chi connectivity index (χ1) is 9.07. The molecule has 4 nitrogen and oxygen atoms in total. The number of primary amides is 1. The number of carbonyl (C=O) groups excluding carboxylic acids is 1. The third-order valence-corrected chi connectivity index (χ3v) is 3.84. The smallest absolute Gasteiger partial charge is 0.243 e. The van der Waals surface area contributed by atoms with Gasteiger partial charge in [0.25, 0.3) is 0 Å². The number of amides is 1. The fourth-order valence-electron chi connectivity index (χ4n) is 2.57. The van der Waals surface area contributed by atoms with Gasteiger partial charge in [-0.05, 0) is 37.8 Å². The molecule has 0 aromatic heterocycles. The van der Waals surface area contributed by atoms with Gasteiger partial charge in [-0.25, -0.2) is 4.39 Å². The zero-order chi connectivity index (χ0) is 13.9. The van der Waals surface area contributed by atoms with Crippen molar-refractivity contribution in [3.8, 4) is 0 Å². The van der Waals surface area contributed by atoms with Gasteiger partial charge in [0.2, 0.25) is 5.91 Å². The van der Waals surface area contributed by atoms with Gasteiger partial charge in [-0.1, -0.05) is 12.1 Å². The lowest BCUT2D eigenvalue weighted by Gasteiger charge is -2.38. The molecule has 0 atom stereocenters. The number of anilines is 1. The molecule has 0 heterocycles. The lowest BCUT2D eigenvalue weighted by Crippen LogP contribution is -2.53. The first kappa shape index (κ1) is 13.8. The molecule has 0 aliphatic heterocycles. The Balaban J connectivity index is 2.18. The van der Waals surface area contributed by atoms with Crippen molar-refractivity contribution in [3.63, 3.8) is 0 Å². The number of halogens is 1. The molecule has 0 saturated heterocycles. The van der Waals surface area contributed by atoms with Crippen LogP contribution in [-0.4, -0.2) is 24.7 Å². The second kappa shape index (κ2) is 5.57. The number of benzene rings is 1. The Hall–Kier alpha value is -1.62. The Bertz CT molecular complexity index is 457. The van der Waals surface area contributed by atoms with Crippen molar-refractivity contribution < 1.29 is 13.9 Å². The first-order valence-electron chi connectivity index (χ1n) is 6.43. The van der Waals surface area contributed by atoms with Crippen LogP contribution in [0.3, 0.4) is 0 Å². The van der Waals surface area contributed by atoms with Crippen LogP contribution in [0.5, 0.6) is 0 Å². The number of ether oxygens (including phenoxy) is 1. The zero-order valence-electron chi connectivity index (χ0n) is 11.0. The Labute approximate surface area is 112 Å². The number of carbonyl (C=O) groups is 1. The maximum absolute atomic E-state index is 13.7. The summed E-state index contributed by atoms with van der Waals surface area (Å²) in [4.78, 5) is 11.8. The summed E-state index contributed by atoms with van der Waals surface area (Å²) in [7, 11) is 1.66. The Kier molecular flexibility index (Phi) is 4.04. The van der Waals surface area contributed by atoms with Crippen molar-refractivity contribution in [2.45, 2.75) is 37.3 Å². The van der Waals surface area contributed by atoms with Gasteiger partial charge >= 0.3 is 0 Å². The molecule has 1 aromatic carbocycles. The van der Waals surface area contributed by atoms with Crippen LogP contribution in [0.4, 0.5) is 10.1 Å². The minimum absolute atomic E-state index is 0.148. The summed E-state index contributed by atoms with van der Waals surface area (Å²) in [6.45, 7) is 0. The van der Waals surface area contributed by atoms with Crippen LogP contribution < -0.4 is 11.1 Å². The number of nitrogens with one attached hydrogen (secondary N) is 1. The van der Waals surface area contributed by atoms with E-state index in [1.807, 2.05) is 0 Å².